The second-order valence-corrected chi connectivity index (χ2v) is 11.0. The van der Waals surface area contributed by atoms with Crippen LogP contribution in [0, 0.1) is 11.8 Å². The van der Waals surface area contributed by atoms with Gasteiger partial charge in [-0.3, -0.25) is 4.98 Å². The van der Waals surface area contributed by atoms with Crippen molar-refractivity contribution in [2.75, 3.05) is 19.8 Å². The highest BCUT2D eigenvalue weighted by Crippen LogP contribution is 2.22. The fraction of sp³-hybridized carbons (Fsp3) is 0.679. The van der Waals surface area contributed by atoms with Crippen LogP contribution in [0.15, 0.2) is 30.7 Å². The van der Waals surface area contributed by atoms with E-state index < -0.39 is 9.76 Å². The molecule has 0 fully saturated rings. The first kappa shape index (κ1) is 29.2. The Labute approximate surface area is 215 Å². The van der Waals surface area contributed by atoms with Gasteiger partial charge in [0.05, 0.1) is 24.7 Å². The zero-order valence-corrected chi connectivity index (χ0v) is 23.9. The molecule has 2 heterocycles. The molecule has 7 heteroatoms. The summed E-state index contributed by atoms with van der Waals surface area (Å²) < 4.78 is 17.4. The van der Waals surface area contributed by atoms with Gasteiger partial charge >= 0.3 is 0 Å². The third kappa shape index (κ3) is 13.0. The van der Waals surface area contributed by atoms with Crippen molar-refractivity contribution >= 4 is 9.76 Å². The van der Waals surface area contributed by atoms with E-state index in [1.165, 1.54) is 44.6 Å². The Morgan fingerprint density at radius 2 is 1.57 bits per heavy atom. The van der Waals surface area contributed by atoms with Gasteiger partial charge in [0.1, 0.15) is 0 Å². The zero-order valence-electron chi connectivity index (χ0n) is 22.5. The third-order valence-corrected chi connectivity index (χ3v) is 8.00. The van der Waals surface area contributed by atoms with Crippen LogP contribution in [0.2, 0.25) is 6.04 Å². The van der Waals surface area contributed by atoms with E-state index in [-0.39, 0.29) is 0 Å². The first-order chi connectivity index (χ1) is 17.1. The summed E-state index contributed by atoms with van der Waals surface area (Å²) in [7, 11) is -0.665. The average Bonchev–Trinajstić information content (AvgIpc) is 2.88. The predicted molar refractivity (Wildman–Crippen MR) is 147 cm³/mol. The molecule has 0 bridgehead atoms. The van der Waals surface area contributed by atoms with Crippen LogP contribution >= 0.6 is 0 Å². The summed E-state index contributed by atoms with van der Waals surface area (Å²) in [6.07, 6.45) is 16.1. The quantitative estimate of drug-likeness (QED) is 0.150. The van der Waals surface area contributed by atoms with Gasteiger partial charge < -0.3 is 13.9 Å². The first-order valence-corrected chi connectivity index (χ1v) is 15.3. The van der Waals surface area contributed by atoms with Gasteiger partial charge in [0.15, 0.2) is 0 Å². The first-order valence-electron chi connectivity index (χ1n) is 13.7. The molecule has 0 aliphatic heterocycles. The topological polar surface area (TPSA) is 66.4 Å². The number of hydrogen-bond acceptors (Lipinski definition) is 6. The van der Waals surface area contributed by atoms with Crippen molar-refractivity contribution in [1.29, 1.82) is 0 Å². The fourth-order valence-corrected chi connectivity index (χ4v) is 4.94. The lowest BCUT2D eigenvalue weighted by Crippen LogP contribution is -2.09. The Balaban J connectivity index is 1.68. The third-order valence-electron chi connectivity index (χ3n) is 6.28. The molecular weight excluding hydrogens is 454 g/mol. The van der Waals surface area contributed by atoms with E-state index >= 15 is 0 Å². The lowest BCUT2D eigenvalue weighted by molar-refractivity contribution is 0.123. The van der Waals surface area contributed by atoms with Crippen LogP contribution in [0.5, 0.6) is 11.8 Å². The molecule has 0 aliphatic rings. The van der Waals surface area contributed by atoms with Gasteiger partial charge in [0, 0.05) is 31.0 Å². The highest BCUT2D eigenvalue weighted by atomic mass is 28.2. The molecule has 2 rings (SSSR count). The molecule has 2 aromatic heterocycles. The molecule has 35 heavy (non-hydrogen) atoms. The predicted octanol–water partition coefficient (Wildman–Crippen LogP) is 6.64. The number of hydrogen-bond donors (Lipinski definition) is 0. The molecule has 6 nitrogen and oxygen atoms in total. The molecule has 2 atom stereocenters. The summed E-state index contributed by atoms with van der Waals surface area (Å²) in [5.41, 5.74) is 1.69. The number of ether oxygens (including phenoxy) is 2. The zero-order chi connectivity index (χ0) is 25.1. The normalized spacial score (nSPS) is 13.3. The van der Waals surface area contributed by atoms with Crippen molar-refractivity contribution in [3.8, 4) is 23.0 Å². The number of aromatic nitrogens is 3. The largest absolute Gasteiger partial charge is 0.535 e. The van der Waals surface area contributed by atoms with E-state index in [1.807, 2.05) is 12.1 Å². The van der Waals surface area contributed by atoms with Crippen LogP contribution in [0.3, 0.4) is 0 Å². The summed E-state index contributed by atoms with van der Waals surface area (Å²) in [5.74, 6) is 2.81. The van der Waals surface area contributed by atoms with Gasteiger partial charge in [0.2, 0.25) is 21.5 Å². The Morgan fingerprint density at radius 1 is 0.800 bits per heavy atom. The van der Waals surface area contributed by atoms with Gasteiger partial charge in [-0.15, -0.1) is 0 Å². The van der Waals surface area contributed by atoms with E-state index in [1.54, 1.807) is 18.6 Å². The Kier molecular flexibility index (Phi) is 15.3. The van der Waals surface area contributed by atoms with E-state index in [0.717, 1.165) is 49.7 Å². The lowest BCUT2D eigenvalue weighted by Gasteiger charge is -2.15. The minimum absolute atomic E-state index is 0.624. The monoisotopic (exact) mass is 501 g/mol. The molecular formula is C28H47N3O3Si. The van der Waals surface area contributed by atoms with Crippen LogP contribution < -0.4 is 9.16 Å². The average molecular weight is 502 g/mol. The lowest BCUT2D eigenvalue weighted by atomic mass is 9.95. The number of rotatable bonds is 20. The Hall–Kier alpha value is -1.99. The van der Waals surface area contributed by atoms with E-state index in [2.05, 4.69) is 42.6 Å². The molecule has 0 saturated heterocycles. The molecule has 0 amide bonds. The summed E-state index contributed by atoms with van der Waals surface area (Å²) in [6, 6.07) is 5.04. The fourth-order valence-electron chi connectivity index (χ4n) is 3.78. The van der Waals surface area contributed by atoms with Crippen molar-refractivity contribution < 1.29 is 13.9 Å². The number of nitrogens with zero attached hydrogens (tertiary/aromatic N) is 3. The highest BCUT2D eigenvalue weighted by Gasteiger charge is 2.09. The van der Waals surface area contributed by atoms with Crippen LogP contribution in [0.25, 0.3) is 11.3 Å². The van der Waals surface area contributed by atoms with E-state index in [9.17, 15) is 0 Å². The van der Waals surface area contributed by atoms with Gasteiger partial charge in [-0.2, -0.15) is 0 Å². The van der Waals surface area contributed by atoms with E-state index in [4.69, 9.17) is 13.9 Å². The molecule has 0 radical (unpaired) electrons. The van der Waals surface area contributed by atoms with Crippen LogP contribution in [-0.4, -0.2) is 44.5 Å². The standard InChI is InChI=1S/C28H47N3O3Si/c1-5-7-11-23(3)12-13-24(4)22-35-34-28-21-29-20-26(31-28)25-14-15-27(30-19-25)33-18-10-9-17-32-16-8-6-2/h14-15,19-21,23-24H,5-13,16-18,22,35H2,1-4H3. The minimum Gasteiger partial charge on any atom is -0.535 e. The van der Waals surface area contributed by atoms with E-state index in [0.29, 0.717) is 24.3 Å². The van der Waals surface area contributed by atoms with Gasteiger partial charge in [-0.05, 0) is 43.2 Å². The molecule has 2 unspecified atom stereocenters. The molecule has 0 aliphatic carbocycles. The molecule has 0 saturated carbocycles. The molecule has 0 spiro atoms. The van der Waals surface area contributed by atoms with Gasteiger partial charge in [-0.25, -0.2) is 9.97 Å². The molecule has 2 aromatic rings. The van der Waals surface area contributed by atoms with Crippen molar-refractivity contribution in [3.63, 3.8) is 0 Å². The van der Waals surface area contributed by atoms with Crippen molar-refractivity contribution in [3.05, 3.63) is 30.7 Å². The molecule has 196 valence electrons. The summed E-state index contributed by atoms with van der Waals surface area (Å²) in [4.78, 5) is 13.4. The van der Waals surface area contributed by atoms with Crippen LogP contribution in [-0.2, 0) is 4.74 Å². The van der Waals surface area contributed by atoms with Gasteiger partial charge in [0.25, 0.3) is 0 Å². The van der Waals surface area contributed by atoms with Gasteiger partial charge in [-0.1, -0.05) is 66.2 Å². The maximum atomic E-state index is 6.05. The Morgan fingerprint density at radius 3 is 2.34 bits per heavy atom. The molecule has 0 N–H and O–H groups in total. The van der Waals surface area contributed by atoms with Crippen molar-refractivity contribution in [1.82, 2.24) is 15.0 Å². The Bertz CT molecular complexity index is 791. The number of pyridine rings is 1. The summed E-state index contributed by atoms with van der Waals surface area (Å²) in [5, 5.41) is 0. The highest BCUT2D eigenvalue weighted by molar-refractivity contribution is 6.28. The second kappa shape index (κ2) is 18.3. The molecule has 0 aromatic carbocycles. The van der Waals surface area contributed by atoms with Crippen molar-refractivity contribution in [2.45, 2.75) is 91.5 Å². The summed E-state index contributed by atoms with van der Waals surface area (Å²) >= 11 is 0. The second-order valence-electron chi connectivity index (χ2n) is 9.72. The SMILES string of the molecule is CCCCOCCCCOc1ccc(-c2cncc(O[SiH2]CC(C)CCC(C)CCCC)n2)cn1. The smallest absolute Gasteiger partial charge is 0.221 e. The van der Waals surface area contributed by atoms with Crippen molar-refractivity contribution in [2.24, 2.45) is 11.8 Å². The maximum Gasteiger partial charge on any atom is 0.221 e. The maximum absolute atomic E-state index is 6.05. The summed E-state index contributed by atoms with van der Waals surface area (Å²) in [6.45, 7) is 11.5. The van der Waals surface area contributed by atoms with Crippen LogP contribution in [0.1, 0.15) is 85.5 Å². The minimum atomic E-state index is -0.665. The number of unbranched alkanes of at least 4 members (excludes halogenated alkanes) is 3. The van der Waals surface area contributed by atoms with Crippen LogP contribution in [0.4, 0.5) is 0 Å².